The van der Waals surface area contributed by atoms with Crippen molar-refractivity contribution in [3.05, 3.63) is 41.5 Å². The molecule has 94 valence electrons. The molecule has 0 heterocycles. The molecule has 1 aromatic rings. The maximum Gasteiger partial charge on any atom is 0.345 e. The van der Waals surface area contributed by atoms with Crippen molar-refractivity contribution >= 4 is 17.9 Å². The van der Waals surface area contributed by atoms with E-state index in [1.165, 1.54) is 0 Å². The summed E-state index contributed by atoms with van der Waals surface area (Å²) in [7, 11) is 0. The number of esters is 1. The molecule has 0 bridgehead atoms. The van der Waals surface area contributed by atoms with Crippen LogP contribution in [0.1, 0.15) is 5.56 Å². The van der Waals surface area contributed by atoms with Crippen LogP contribution in [-0.2, 0) is 25.7 Å². The highest BCUT2D eigenvalue weighted by atomic mass is 16.5. The number of carbonyl (C=O) groups is 2. The number of carboxylic acid groups (broad SMARTS) is 1. The Kier molecular flexibility index (Phi) is 4.80. The molecule has 0 radical (unpaired) electrons. The highest BCUT2D eigenvalue weighted by molar-refractivity contribution is 6.03. The Balaban J connectivity index is 2.61. The largest absolute Gasteiger partial charge is 0.477 e. The summed E-state index contributed by atoms with van der Waals surface area (Å²) < 4.78 is 4.80. The van der Waals surface area contributed by atoms with Crippen molar-refractivity contribution in [1.29, 1.82) is 0 Å². The number of benzene rings is 1. The number of hydrogen-bond donors (Lipinski definition) is 2. The summed E-state index contributed by atoms with van der Waals surface area (Å²) in [5.41, 5.74) is 5.16. The Morgan fingerprint density at radius 3 is 2.44 bits per heavy atom. The maximum atomic E-state index is 11.4. The summed E-state index contributed by atoms with van der Waals surface area (Å²) in [5, 5.41) is 8.59. The first-order valence-corrected chi connectivity index (χ1v) is 5.00. The van der Waals surface area contributed by atoms with Crippen molar-refractivity contribution < 1.29 is 24.2 Å². The number of carbonyl (C=O) groups excluding carboxylic acids is 2. The zero-order valence-electron chi connectivity index (χ0n) is 9.33. The monoisotopic (exact) mass is 249 g/mol. The van der Waals surface area contributed by atoms with Crippen molar-refractivity contribution in [3.63, 3.8) is 0 Å². The Labute approximate surface area is 103 Å². The standard InChI is InChI=1S/C12H11NO5/c13-10(9(6-14)11(15)16)12(17)18-7-8-4-2-1-3-5-8/h1-5,10H,7,13H2,(H,15,16). The quantitative estimate of drug-likeness (QED) is 0.428. The van der Waals surface area contributed by atoms with Gasteiger partial charge < -0.3 is 15.6 Å². The molecule has 0 fully saturated rings. The molecule has 1 atom stereocenters. The average molecular weight is 249 g/mol. The number of rotatable bonds is 5. The molecular weight excluding hydrogens is 238 g/mol. The second-order valence-corrected chi connectivity index (χ2v) is 3.39. The van der Waals surface area contributed by atoms with Gasteiger partial charge in [0.15, 0.2) is 0 Å². The molecule has 0 aliphatic carbocycles. The van der Waals surface area contributed by atoms with Crippen LogP contribution in [0.15, 0.2) is 35.9 Å². The molecule has 0 aliphatic heterocycles. The zero-order valence-corrected chi connectivity index (χ0v) is 9.33. The van der Waals surface area contributed by atoms with Crippen LogP contribution < -0.4 is 5.73 Å². The third-order valence-electron chi connectivity index (χ3n) is 2.13. The van der Waals surface area contributed by atoms with Gasteiger partial charge in [0.05, 0.1) is 0 Å². The second-order valence-electron chi connectivity index (χ2n) is 3.39. The minimum atomic E-state index is -1.64. The first-order valence-electron chi connectivity index (χ1n) is 5.00. The van der Waals surface area contributed by atoms with Crippen molar-refractivity contribution in [2.75, 3.05) is 0 Å². The van der Waals surface area contributed by atoms with Crippen LogP contribution in [0.25, 0.3) is 0 Å². The van der Waals surface area contributed by atoms with E-state index in [2.05, 4.69) is 0 Å². The van der Waals surface area contributed by atoms with Gasteiger partial charge >= 0.3 is 11.9 Å². The van der Waals surface area contributed by atoms with E-state index in [0.29, 0.717) is 0 Å². The summed E-state index contributed by atoms with van der Waals surface area (Å²) in [6, 6.07) is 7.14. The van der Waals surface area contributed by atoms with Crippen LogP contribution >= 0.6 is 0 Å². The highest BCUT2D eigenvalue weighted by Gasteiger charge is 2.26. The minimum absolute atomic E-state index is 0.0425. The average Bonchev–Trinajstić information content (AvgIpc) is 2.37. The van der Waals surface area contributed by atoms with Gasteiger partial charge in [0.25, 0.3) is 0 Å². The minimum Gasteiger partial charge on any atom is -0.477 e. The van der Waals surface area contributed by atoms with E-state index in [0.717, 1.165) is 11.5 Å². The number of hydrogen-bond acceptors (Lipinski definition) is 5. The van der Waals surface area contributed by atoms with Crippen LogP contribution in [-0.4, -0.2) is 29.0 Å². The van der Waals surface area contributed by atoms with Gasteiger partial charge in [-0.1, -0.05) is 30.3 Å². The molecular formula is C12H11NO5. The molecule has 0 amide bonds. The number of ether oxygens (including phenoxy) is 1. The summed E-state index contributed by atoms with van der Waals surface area (Å²) in [6.45, 7) is -0.0425. The lowest BCUT2D eigenvalue weighted by atomic mass is 10.1. The summed E-state index contributed by atoms with van der Waals surface area (Å²) >= 11 is 0. The van der Waals surface area contributed by atoms with E-state index in [1.54, 1.807) is 30.3 Å². The van der Waals surface area contributed by atoms with E-state index >= 15 is 0 Å². The number of nitrogens with two attached hydrogens (primary N) is 1. The SMILES string of the molecule is NC(C(=O)OCc1ccccc1)C(=C=O)C(=O)O. The molecule has 0 spiro atoms. The van der Waals surface area contributed by atoms with Gasteiger partial charge in [0.2, 0.25) is 0 Å². The molecule has 1 aromatic carbocycles. The molecule has 6 heteroatoms. The van der Waals surface area contributed by atoms with Crippen molar-refractivity contribution in [2.24, 2.45) is 5.73 Å². The van der Waals surface area contributed by atoms with E-state index < -0.39 is 23.6 Å². The third kappa shape index (κ3) is 3.55. The fourth-order valence-corrected chi connectivity index (χ4v) is 1.18. The van der Waals surface area contributed by atoms with Crippen LogP contribution in [0.5, 0.6) is 0 Å². The second kappa shape index (κ2) is 6.34. The number of aliphatic carboxylic acids is 1. The zero-order chi connectivity index (χ0) is 13.5. The van der Waals surface area contributed by atoms with E-state index in [1.807, 2.05) is 0 Å². The third-order valence-corrected chi connectivity index (χ3v) is 2.13. The fraction of sp³-hybridized carbons (Fsp3) is 0.167. The number of carboxylic acids is 1. The molecule has 6 nitrogen and oxygen atoms in total. The normalized spacial score (nSPS) is 11.2. The summed E-state index contributed by atoms with van der Waals surface area (Å²) in [5.74, 6) is -1.45. The summed E-state index contributed by atoms with van der Waals surface area (Å²) in [6.07, 6.45) is 0. The van der Waals surface area contributed by atoms with Gasteiger partial charge in [0, 0.05) is 0 Å². The first-order chi connectivity index (χ1) is 8.56. The van der Waals surface area contributed by atoms with Gasteiger partial charge in [-0.3, -0.25) is 0 Å². The Morgan fingerprint density at radius 1 is 1.33 bits per heavy atom. The summed E-state index contributed by atoms with van der Waals surface area (Å²) in [4.78, 5) is 32.3. The first kappa shape index (κ1) is 13.6. The van der Waals surface area contributed by atoms with E-state index in [-0.39, 0.29) is 6.61 Å². The van der Waals surface area contributed by atoms with Gasteiger partial charge in [-0.15, -0.1) is 0 Å². The molecule has 0 aliphatic rings. The predicted molar refractivity (Wildman–Crippen MR) is 61.1 cm³/mol. The van der Waals surface area contributed by atoms with Gasteiger partial charge in [0.1, 0.15) is 24.2 Å². The molecule has 0 saturated heterocycles. The van der Waals surface area contributed by atoms with Crippen LogP contribution in [0.4, 0.5) is 0 Å². The van der Waals surface area contributed by atoms with Crippen molar-refractivity contribution in [2.45, 2.75) is 12.6 Å². The molecule has 0 saturated carbocycles. The molecule has 1 rings (SSSR count). The Hall–Kier alpha value is -2.43. The van der Waals surface area contributed by atoms with Gasteiger partial charge in [-0.05, 0) is 5.56 Å². The smallest absolute Gasteiger partial charge is 0.345 e. The van der Waals surface area contributed by atoms with Crippen LogP contribution in [0.3, 0.4) is 0 Å². The Morgan fingerprint density at radius 2 is 1.94 bits per heavy atom. The maximum absolute atomic E-state index is 11.4. The van der Waals surface area contributed by atoms with Gasteiger partial charge in [-0.25, -0.2) is 14.4 Å². The van der Waals surface area contributed by atoms with Gasteiger partial charge in [-0.2, -0.15) is 0 Å². The lowest BCUT2D eigenvalue weighted by Gasteiger charge is -2.09. The lowest BCUT2D eigenvalue weighted by Crippen LogP contribution is -2.37. The Bertz CT molecular complexity index is 490. The fourth-order valence-electron chi connectivity index (χ4n) is 1.18. The highest BCUT2D eigenvalue weighted by Crippen LogP contribution is 2.04. The molecule has 1 unspecified atom stereocenters. The molecule has 0 aromatic heterocycles. The van der Waals surface area contributed by atoms with Crippen molar-refractivity contribution in [3.8, 4) is 0 Å². The molecule has 3 N–H and O–H groups in total. The van der Waals surface area contributed by atoms with Crippen molar-refractivity contribution in [1.82, 2.24) is 0 Å². The topological polar surface area (TPSA) is 107 Å². The van der Waals surface area contributed by atoms with E-state index in [4.69, 9.17) is 15.6 Å². The van der Waals surface area contributed by atoms with E-state index in [9.17, 15) is 14.4 Å². The predicted octanol–water partition coefficient (Wildman–Crippen LogP) is -0.100. The van der Waals surface area contributed by atoms with Crippen LogP contribution in [0.2, 0.25) is 0 Å². The molecule has 18 heavy (non-hydrogen) atoms. The van der Waals surface area contributed by atoms with Crippen LogP contribution in [0, 0.1) is 0 Å². The lowest BCUT2D eigenvalue weighted by molar-refractivity contribution is -0.147.